The highest BCUT2D eigenvalue weighted by Gasteiger charge is 2.06. The van der Waals surface area contributed by atoms with Gasteiger partial charge in [0.1, 0.15) is 0 Å². The van der Waals surface area contributed by atoms with Gasteiger partial charge in [0.05, 0.1) is 10.7 Å². The maximum absolute atomic E-state index is 6.15. The summed E-state index contributed by atoms with van der Waals surface area (Å²) in [7, 11) is 1.70. The van der Waals surface area contributed by atoms with Crippen molar-refractivity contribution in [2.24, 2.45) is 0 Å². The lowest BCUT2D eigenvalue weighted by Gasteiger charge is -2.11. The number of benzene rings is 1. The molecule has 0 saturated heterocycles. The minimum Gasteiger partial charge on any atom is -0.385 e. The van der Waals surface area contributed by atoms with Crippen molar-refractivity contribution in [1.82, 2.24) is 9.55 Å². The molecule has 1 N–H and O–H groups in total. The molecule has 6 heteroatoms. The van der Waals surface area contributed by atoms with Gasteiger partial charge in [0, 0.05) is 37.1 Å². The molecule has 1 aromatic heterocycles. The van der Waals surface area contributed by atoms with Gasteiger partial charge in [-0.1, -0.05) is 27.5 Å². The fourth-order valence-corrected chi connectivity index (χ4v) is 2.23. The summed E-state index contributed by atoms with van der Waals surface area (Å²) in [5, 5.41) is 3.90. The van der Waals surface area contributed by atoms with E-state index in [1.807, 2.05) is 29.0 Å². The Morgan fingerprint density at radius 3 is 3.11 bits per heavy atom. The Hall–Kier alpha value is -1.04. The second-order valence-electron chi connectivity index (χ2n) is 4.04. The number of methoxy groups -OCH3 is 1. The van der Waals surface area contributed by atoms with Crippen molar-refractivity contribution in [3.8, 4) is 0 Å². The SMILES string of the molecule is COCCCn1ccnc1Nc1cc(Br)ccc1Cl. The molecule has 0 aliphatic rings. The molecule has 1 aromatic carbocycles. The second-order valence-corrected chi connectivity index (χ2v) is 5.36. The van der Waals surface area contributed by atoms with Gasteiger partial charge in [-0.05, 0) is 24.6 Å². The van der Waals surface area contributed by atoms with Crippen LogP contribution < -0.4 is 5.32 Å². The van der Waals surface area contributed by atoms with E-state index in [1.165, 1.54) is 0 Å². The highest BCUT2D eigenvalue weighted by Crippen LogP contribution is 2.28. The Labute approximate surface area is 125 Å². The number of ether oxygens (including phenoxy) is 1. The van der Waals surface area contributed by atoms with Crippen LogP contribution in [0.15, 0.2) is 35.1 Å². The van der Waals surface area contributed by atoms with Gasteiger partial charge in [-0.3, -0.25) is 0 Å². The van der Waals surface area contributed by atoms with Crippen LogP contribution in [-0.2, 0) is 11.3 Å². The zero-order valence-corrected chi connectivity index (χ0v) is 12.9. The Morgan fingerprint density at radius 1 is 1.47 bits per heavy atom. The van der Waals surface area contributed by atoms with Crippen molar-refractivity contribution in [3.05, 3.63) is 40.1 Å². The van der Waals surface area contributed by atoms with Gasteiger partial charge in [0.15, 0.2) is 0 Å². The molecule has 0 aliphatic heterocycles. The number of aryl methyl sites for hydroxylation is 1. The third-order valence-electron chi connectivity index (χ3n) is 2.64. The molecule has 0 aliphatic carbocycles. The van der Waals surface area contributed by atoms with Gasteiger partial charge in [-0.25, -0.2) is 4.98 Å². The molecule has 0 unspecified atom stereocenters. The van der Waals surface area contributed by atoms with Crippen LogP contribution in [0.1, 0.15) is 6.42 Å². The average molecular weight is 345 g/mol. The number of halogens is 2. The van der Waals surface area contributed by atoms with Gasteiger partial charge in [-0.15, -0.1) is 0 Å². The van der Waals surface area contributed by atoms with Crippen LogP contribution in [0.4, 0.5) is 11.6 Å². The minimum atomic E-state index is 0.662. The van der Waals surface area contributed by atoms with Crippen LogP contribution in [0.3, 0.4) is 0 Å². The molecule has 4 nitrogen and oxygen atoms in total. The zero-order chi connectivity index (χ0) is 13.7. The van der Waals surface area contributed by atoms with Crippen LogP contribution in [-0.4, -0.2) is 23.3 Å². The van der Waals surface area contributed by atoms with Crippen molar-refractivity contribution >= 4 is 39.2 Å². The molecule has 0 atom stereocenters. The van der Waals surface area contributed by atoms with Gasteiger partial charge >= 0.3 is 0 Å². The number of nitrogens with zero attached hydrogens (tertiary/aromatic N) is 2. The van der Waals surface area contributed by atoms with Crippen molar-refractivity contribution in [2.45, 2.75) is 13.0 Å². The maximum Gasteiger partial charge on any atom is 0.207 e. The number of nitrogens with one attached hydrogen (secondary N) is 1. The maximum atomic E-state index is 6.15. The van der Waals surface area contributed by atoms with Crippen LogP contribution in [0.25, 0.3) is 0 Å². The van der Waals surface area contributed by atoms with E-state index in [1.54, 1.807) is 13.3 Å². The summed E-state index contributed by atoms with van der Waals surface area (Å²) in [6.45, 7) is 1.58. The van der Waals surface area contributed by atoms with E-state index in [-0.39, 0.29) is 0 Å². The van der Waals surface area contributed by atoms with E-state index in [0.29, 0.717) is 5.02 Å². The van der Waals surface area contributed by atoms with Crippen LogP contribution in [0, 0.1) is 0 Å². The Balaban J connectivity index is 2.10. The molecule has 1 heterocycles. The molecule has 0 amide bonds. The lowest BCUT2D eigenvalue weighted by molar-refractivity contribution is 0.190. The van der Waals surface area contributed by atoms with E-state index in [2.05, 4.69) is 26.2 Å². The third-order valence-corrected chi connectivity index (χ3v) is 3.46. The normalized spacial score (nSPS) is 10.7. The summed E-state index contributed by atoms with van der Waals surface area (Å²) < 4.78 is 8.06. The highest BCUT2D eigenvalue weighted by atomic mass is 79.9. The summed E-state index contributed by atoms with van der Waals surface area (Å²) in [6, 6.07) is 5.67. The standard InChI is InChI=1S/C13H15BrClN3O/c1-19-8-2-6-18-7-5-16-13(18)17-12-9-10(14)3-4-11(12)15/h3-5,7,9H,2,6,8H2,1H3,(H,16,17). The van der Waals surface area contributed by atoms with Gasteiger partial charge in [0.25, 0.3) is 0 Å². The Bertz CT molecular complexity index is 544. The molecule has 2 rings (SSSR count). The molecule has 0 spiro atoms. The summed E-state index contributed by atoms with van der Waals surface area (Å²) in [4.78, 5) is 4.30. The Kier molecular flexibility index (Phi) is 5.24. The van der Waals surface area contributed by atoms with Crippen LogP contribution in [0.5, 0.6) is 0 Å². The van der Waals surface area contributed by atoms with Gasteiger partial charge < -0.3 is 14.6 Å². The molecule has 102 valence electrons. The van der Waals surface area contributed by atoms with E-state index in [9.17, 15) is 0 Å². The molecule has 2 aromatic rings. The first-order valence-electron chi connectivity index (χ1n) is 5.93. The quantitative estimate of drug-likeness (QED) is 0.803. The number of rotatable bonds is 6. The van der Waals surface area contributed by atoms with Crippen molar-refractivity contribution in [1.29, 1.82) is 0 Å². The Morgan fingerprint density at radius 2 is 2.32 bits per heavy atom. The first kappa shape index (κ1) is 14.4. The predicted octanol–water partition coefficient (Wildman–Crippen LogP) is 4.08. The molecular weight excluding hydrogens is 330 g/mol. The molecule has 19 heavy (non-hydrogen) atoms. The number of imidazole rings is 1. The second kappa shape index (κ2) is 6.93. The summed E-state index contributed by atoms with van der Waals surface area (Å²) in [5.74, 6) is 0.774. The minimum absolute atomic E-state index is 0.662. The van der Waals surface area contributed by atoms with E-state index >= 15 is 0 Å². The van der Waals surface area contributed by atoms with E-state index < -0.39 is 0 Å². The molecule has 0 bridgehead atoms. The fourth-order valence-electron chi connectivity index (χ4n) is 1.71. The van der Waals surface area contributed by atoms with Gasteiger partial charge in [-0.2, -0.15) is 0 Å². The summed E-state index contributed by atoms with van der Waals surface area (Å²) in [6.07, 6.45) is 4.64. The molecule has 0 fully saturated rings. The van der Waals surface area contributed by atoms with Crippen molar-refractivity contribution in [3.63, 3.8) is 0 Å². The highest BCUT2D eigenvalue weighted by molar-refractivity contribution is 9.10. The molecular formula is C13H15BrClN3O. The predicted molar refractivity (Wildman–Crippen MR) is 81.2 cm³/mol. The number of hydrogen-bond acceptors (Lipinski definition) is 3. The topological polar surface area (TPSA) is 39.1 Å². The van der Waals surface area contributed by atoms with Crippen molar-refractivity contribution < 1.29 is 4.74 Å². The van der Waals surface area contributed by atoms with Crippen molar-refractivity contribution in [2.75, 3.05) is 19.0 Å². The van der Waals surface area contributed by atoms with E-state index in [0.717, 1.165) is 35.7 Å². The van der Waals surface area contributed by atoms with Crippen LogP contribution >= 0.6 is 27.5 Å². The monoisotopic (exact) mass is 343 g/mol. The smallest absolute Gasteiger partial charge is 0.207 e. The lowest BCUT2D eigenvalue weighted by Crippen LogP contribution is -2.05. The largest absolute Gasteiger partial charge is 0.385 e. The number of anilines is 2. The number of hydrogen-bond donors (Lipinski definition) is 1. The summed E-state index contributed by atoms with van der Waals surface area (Å²) >= 11 is 9.58. The first-order chi connectivity index (χ1) is 9.20. The third kappa shape index (κ3) is 3.96. The lowest BCUT2D eigenvalue weighted by atomic mass is 10.3. The summed E-state index contributed by atoms with van der Waals surface area (Å²) in [5.41, 5.74) is 0.829. The molecule has 0 saturated carbocycles. The van der Waals surface area contributed by atoms with Crippen LogP contribution in [0.2, 0.25) is 5.02 Å². The average Bonchev–Trinajstić information content (AvgIpc) is 2.82. The fraction of sp³-hybridized carbons (Fsp3) is 0.308. The zero-order valence-electron chi connectivity index (χ0n) is 10.6. The first-order valence-corrected chi connectivity index (χ1v) is 7.10. The van der Waals surface area contributed by atoms with Gasteiger partial charge in [0.2, 0.25) is 5.95 Å². The van der Waals surface area contributed by atoms with E-state index in [4.69, 9.17) is 16.3 Å². The number of aromatic nitrogens is 2. The molecule has 0 radical (unpaired) electrons.